The van der Waals surface area contributed by atoms with Gasteiger partial charge in [0.2, 0.25) is 5.69 Å². The lowest BCUT2D eigenvalue weighted by Gasteiger charge is -2.24. The average molecular weight is 932 g/mol. The minimum atomic E-state index is 0.328. The minimum absolute atomic E-state index is 0.328. The number of aromatic nitrogens is 7. The number of hydrogen-bond acceptors (Lipinski definition) is 5. The van der Waals surface area contributed by atoms with E-state index in [2.05, 4.69) is 146 Å². The maximum atomic E-state index is 11.6. The number of fused-ring (bicyclic) bond motifs is 9. The standard InChI is InChI=1S/C64H37N9/c1-66-55-38-44(39-65)62(71-58-26-22-40(51-16-6-10-30-67-51)34-47(58)48-35-41(23-27-59(48)71)52-17-7-11-31-68-52)64(73-56-20-4-2-14-45(56)46-15-3-5-21-57(46)73)63(55)72-60-28-24-42(53-18-8-12-32-69-53)36-49(60)50-37-43(25-29-61(50)72)54-19-9-13-33-70-54/h2-38H. The number of nitriles is 1. The first-order valence-electron chi connectivity index (χ1n) is 23.9. The SMILES string of the molecule is [C-]#[N+]c1cc(C#N)c(-n2c3ccc(-c4ccccn4)cc3c3cc(-c4ccccn4)ccc32)c(-n2c3ccccc3c3ccccc32)c1-n1c2ccc(-c3ccccn3)cc2c2cc(-c3ccccn3)ccc21. The lowest BCUT2D eigenvalue weighted by Crippen LogP contribution is -2.11. The van der Waals surface area contributed by atoms with E-state index in [4.69, 9.17) is 26.5 Å². The molecule has 0 radical (unpaired) electrons. The minimum Gasteiger partial charge on any atom is -0.317 e. The fraction of sp³-hybridized carbons (Fsp3) is 0. The van der Waals surface area contributed by atoms with Gasteiger partial charge in [0, 0.05) is 79.4 Å². The summed E-state index contributed by atoms with van der Waals surface area (Å²) in [5, 5.41) is 17.7. The molecule has 7 aromatic heterocycles. The van der Waals surface area contributed by atoms with Crippen molar-refractivity contribution in [2.45, 2.75) is 0 Å². The zero-order chi connectivity index (χ0) is 48.6. The van der Waals surface area contributed by atoms with Crippen molar-refractivity contribution >= 4 is 71.1 Å². The van der Waals surface area contributed by atoms with Crippen LogP contribution in [0.2, 0.25) is 0 Å². The summed E-state index contributed by atoms with van der Waals surface area (Å²) in [7, 11) is 0. The van der Waals surface area contributed by atoms with Gasteiger partial charge in [-0.25, -0.2) is 4.85 Å². The summed E-state index contributed by atoms with van der Waals surface area (Å²) < 4.78 is 6.74. The monoisotopic (exact) mass is 931 g/mol. The van der Waals surface area contributed by atoms with Crippen LogP contribution in [0, 0.1) is 17.9 Å². The Morgan fingerprint density at radius 3 is 1.01 bits per heavy atom. The van der Waals surface area contributed by atoms with Crippen LogP contribution < -0.4 is 0 Å². The fourth-order valence-electron chi connectivity index (χ4n) is 10.9. The summed E-state index contributed by atoms with van der Waals surface area (Å²) in [5.41, 5.74) is 15.3. The van der Waals surface area contributed by atoms with Gasteiger partial charge < -0.3 is 13.7 Å². The molecular formula is C64H37N9. The normalized spacial score (nSPS) is 11.5. The molecule has 0 amide bonds. The van der Waals surface area contributed by atoms with Gasteiger partial charge in [0.25, 0.3) is 0 Å². The molecule has 0 unspecified atom stereocenters. The second-order valence-corrected chi connectivity index (χ2v) is 18.0. The number of rotatable bonds is 7. The molecule has 0 aliphatic rings. The van der Waals surface area contributed by atoms with E-state index in [1.165, 1.54) is 0 Å². The maximum Gasteiger partial charge on any atom is 0.214 e. The van der Waals surface area contributed by atoms with Crippen molar-refractivity contribution in [3.8, 4) is 68.2 Å². The van der Waals surface area contributed by atoms with Crippen molar-refractivity contribution in [2.75, 3.05) is 0 Å². The zero-order valence-electron chi connectivity index (χ0n) is 38.9. The second-order valence-electron chi connectivity index (χ2n) is 18.0. The van der Waals surface area contributed by atoms with Crippen molar-refractivity contribution in [3.05, 3.63) is 242 Å². The highest BCUT2D eigenvalue weighted by Gasteiger charge is 2.30. The van der Waals surface area contributed by atoms with Gasteiger partial charge >= 0.3 is 0 Å². The van der Waals surface area contributed by atoms with Crippen LogP contribution in [-0.2, 0) is 0 Å². The van der Waals surface area contributed by atoms with Crippen LogP contribution in [0.3, 0.4) is 0 Å². The van der Waals surface area contributed by atoms with Gasteiger partial charge in [-0.2, -0.15) is 5.26 Å². The Morgan fingerprint density at radius 2 is 0.671 bits per heavy atom. The van der Waals surface area contributed by atoms with Crippen molar-refractivity contribution in [2.24, 2.45) is 0 Å². The third kappa shape index (κ3) is 6.47. The smallest absolute Gasteiger partial charge is 0.214 e. The van der Waals surface area contributed by atoms with Gasteiger partial charge in [0.05, 0.1) is 85.1 Å². The second kappa shape index (κ2) is 16.6. The van der Waals surface area contributed by atoms with Crippen LogP contribution in [0.15, 0.2) is 225 Å². The van der Waals surface area contributed by atoms with E-state index >= 15 is 0 Å². The molecule has 7 heterocycles. The third-order valence-corrected chi connectivity index (χ3v) is 14.1. The summed E-state index contributed by atoms with van der Waals surface area (Å²) in [5.74, 6) is 0. The molecule has 0 fully saturated rings. The lowest BCUT2D eigenvalue weighted by atomic mass is 10.0. The predicted octanol–water partition coefficient (Wildman–Crippen LogP) is 15.6. The molecule has 9 heteroatoms. The molecule has 0 bridgehead atoms. The number of pyridine rings is 4. The Hall–Kier alpha value is -10.5. The molecule has 14 aromatic rings. The quantitative estimate of drug-likeness (QED) is 0.148. The van der Waals surface area contributed by atoms with E-state index < -0.39 is 0 Å². The molecule has 73 heavy (non-hydrogen) atoms. The summed E-state index contributed by atoms with van der Waals surface area (Å²) in [6.07, 6.45) is 7.25. The highest BCUT2D eigenvalue weighted by Crippen LogP contribution is 2.48. The van der Waals surface area contributed by atoms with E-state index in [0.29, 0.717) is 28.3 Å². The van der Waals surface area contributed by atoms with Crippen molar-refractivity contribution in [1.29, 1.82) is 5.26 Å². The van der Waals surface area contributed by atoms with E-state index in [1.54, 1.807) is 6.07 Å². The van der Waals surface area contributed by atoms with E-state index in [1.807, 2.05) is 97.6 Å². The molecular weight excluding hydrogens is 895 g/mol. The highest BCUT2D eigenvalue weighted by atomic mass is 15.1. The van der Waals surface area contributed by atoms with Crippen LogP contribution in [0.25, 0.3) is 132 Å². The van der Waals surface area contributed by atoms with Crippen molar-refractivity contribution in [3.63, 3.8) is 0 Å². The number of nitrogens with zero attached hydrogens (tertiary/aromatic N) is 9. The fourth-order valence-corrected chi connectivity index (χ4v) is 10.9. The molecule has 0 saturated carbocycles. The lowest BCUT2D eigenvalue weighted by molar-refractivity contribution is 1.05. The van der Waals surface area contributed by atoms with E-state index in [0.717, 1.165) is 110 Å². The Balaban J connectivity index is 1.18. The molecule has 7 aromatic carbocycles. The summed E-state index contributed by atoms with van der Waals surface area (Å²) in [6, 6.07) is 70.8. The van der Waals surface area contributed by atoms with E-state index in [-0.39, 0.29) is 0 Å². The summed E-state index contributed by atoms with van der Waals surface area (Å²) in [6.45, 7) is 9.09. The van der Waals surface area contributed by atoms with Crippen LogP contribution >= 0.6 is 0 Å². The third-order valence-electron chi connectivity index (χ3n) is 14.1. The van der Waals surface area contributed by atoms with Gasteiger partial charge in [0.1, 0.15) is 6.07 Å². The number of hydrogen-bond donors (Lipinski definition) is 0. The Labute approximate surface area is 418 Å². The van der Waals surface area contributed by atoms with Gasteiger partial charge in [-0.15, -0.1) is 0 Å². The van der Waals surface area contributed by atoms with Crippen molar-refractivity contribution < 1.29 is 0 Å². The average Bonchev–Trinajstić information content (AvgIpc) is 4.10. The largest absolute Gasteiger partial charge is 0.317 e. The number of benzene rings is 7. The van der Waals surface area contributed by atoms with Crippen LogP contribution in [0.1, 0.15) is 5.56 Å². The van der Waals surface area contributed by atoms with Gasteiger partial charge in [0.15, 0.2) is 0 Å². The topological polar surface area (TPSA) is 94.5 Å². The van der Waals surface area contributed by atoms with Crippen LogP contribution in [0.5, 0.6) is 0 Å². The molecule has 9 nitrogen and oxygen atoms in total. The Bertz CT molecular complexity index is 4130. The molecule has 338 valence electrons. The number of para-hydroxylation sites is 2. The highest BCUT2D eigenvalue weighted by molar-refractivity contribution is 6.16. The molecule has 14 rings (SSSR count). The molecule has 0 saturated heterocycles. The van der Waals surface area contributed by atoms with Crippen LogP contribution in [-0.4, -0.2) is 33.6 Å². The first-order chi connectivity index (χ1) is 36.1. The Kier molecular flexibility index (Phi) is 9.43. The van der Waals surface area contributed by atoms with Gasteiger partial charge in [-0.05, 0) is 115 Å². The molecule has 0 aliphatic carbocycles. The zero-order valence-corrected chi connectivity index (χ0v) is 38.9. The first kappa shape index (κ1) is 41.5. The predicted molar refractivity (Wildman–Crippen MR) is 293 cm³/mol. The Morgan fingerprint density at radius 1 is 0.342 bits per heavy atom. The van der Waals surface area contributed by atoms with Gasteiger partial charge in [-0.3, -0.25) is 19.9 Å². The summed E-state index contributed by atoms with van der Waals surface area (Å²) in [4.78, 5) is 23.4. The molecule has 0 N–H and O–H groups in total. The summed E-state index contributed by atoms with van der Waals surface area (Å²) >= 11 is 0. The maximum absolute atomic E-state index is 11.6. The first-order valence-corrected chi connectivity index (χ1v) is 23.9. The van der Waals surface area contributed by atoms with Gasteiger partial charge in [-0.1, -0.05) is 84.9 Å². The van der Waals surface area contributed by atoms with Crippen molar-refractivity contribution in [1.82, 2.24) is 33.6 Å². The molecule has 0 aliphatic heterocycles. The molecule has 0 atom stereocenters. The molecule has 0 spiro atoms. The van der Waals surface area contributed by atoms with Crippen LogP contribution in [0.4, 0.5) is 5.69 Å². The van der Waals surface area contributed by atoms with E-state index in [9.17, 15) is 5.26 Å².